The molecule has 1 aromatic carbocycles. The van der Waals surface area contributed by atoms with Gasteiger partial charge >= 0.3 is 0 Å². The first-order valence-electron chi connectivity index (χ1n) is 7.90. The zero-order valence-corrected chi connectivity index (χ0v) is 13.5. The van der Waals surface area contributed by atoms with Crippen molar-refractivity contribution in [3.63, 3.8) is 0 Å². The van der Waals surface area contributed by atoms with Crippen LogP contribution in [0, 0.1) is 5.92 Å². The zero-order valence-electron chi connectivity index (χ0n) is 13.5. The molecule has 1 aromatic heterocycles. The van der Waals surface area contributed by atoms with Crippen LogP contribution in [0.3, 0.4) is 0 Å². The molecule has 0 N–H and O–H groups in total. The summed E-state index contributed by atoms with van der Waals surface area (Å²) in [4.78, 5) is 18.5. The van der Waals surface area contributed by atoms with Crippen molar-refractivity contribution in [2.75, 3.05) is 20.2 Å². The monoisotopic (exact) mass is 315 g/mol. The summed E-state index contributed by atoms with van der Waals surface area (Å²) in [5, 5.41) is 3.95. The van der Waals surface area contributed by atoms with Crippen molar-refractivity contribution in [1.82, 2.24) is 15.0 Å². The number of hydrogen-bond acceptors (Lipinski definition) is 5. The minimum atomic E-state index is 0.0573. The van der Waals surface area contributed by atoms with E-state index in [9.17, 15) is 4.79 Å². The molecular weight excluding hydrogens is 294 g/mol. The van der Waals surface area contributed by atoms with E-state index < -0.39 is 0 Å². The Morgan fingerprint density at radius 2 is 2.00 bits per heavy atom. The summed E-state index contributed by atoms with van der Waals surface area (Å²) < 4.78 is 10.3. The van der Waals surface area contributed by atoms with Gasteiger partial charge in [-0.25, -0.2) is 0 Å². The van der Waals surface area contributed by atoms with Crippen LogP contribution in [0.4, 0.5) is 0 Å². The Balaban J connectivity index is 1.63. The smallest absolute Gasteiger partial charge is 0.236 e. The minimum Gasteiger partial charge on any atom is -0.497 e. The number of hydrogen-bond donors (Lipinski definition) is 0. The number of amides is 1. The molecule has 1 amide bonds. The lowest BCUT2D eigenvalue weighted by atomic mass is 9.99. The zero-order chi connectivity index (χ0) is 16.2. The molecule has 1 aliphatic heterocycles. The Kier molecular flexibility index (Phi) is 4.60. The molecule has 6 heteroatoms. The highest BCUT2D eigenvalue weighted by molar-refractivity contribution is 5.78. The fourth-order valence-corrected chi connectivity index (χ4v) is 2.68. The average molecular weight is 315 g/mol. The van der Waals surface area contributed by atoms with Crippen LogP contribution in [-0.4, -0.2) is 41.1 Å². The van der Waals surface area contributed by atoms with Crippen LogP contribution < -0.4 is 4.74 Å². The number of ether oxygens (including phenoxy) is 1. The van der Waals surface area contributed by atoms with Crippen LogP contribution >= 0.6 is 0 Å². The van der Waals surface area contributed by atoms with Gasteiger partial charge in [-0.2, -0.15) is 4.98 Å². The summed E-state index contributed by atoms with van der Waals surface area (Å²) in [6.07, 6.45) is 2.29. The summed E-state index contributed by atoms with van der Waals surface area (Å²) in [6.45, 7) is 3.86. The molecule has 3 rings (SSSR count). The molecule has 1 aliphatic rings. The van der Waals surface area contributed by atoms with Crippen molar-refractivity contribution in [2.45, 2.75) is 26.2 Å². The van der Waals surface area contributed by atoms with E-state index >= 15 is 0 Å². The van der Waals surface area contributed by atoms with E-state index in [-0.39, 0.29) is 12.3 Å². The lowest BCUT2D eigenvalue weighted by molar-refractivity contribution is -0.132. The Labute approximate surface area is 135 Å². The van der Waals surface area contributed by atoms with Crippen LogP contribution in [0.15, 0.2) is 28.8 Å². The van der Waals surface area contributed by atoms with Gasteiger partial charge in [0.1, 0.15) is 12.2 Å². The predicted octanol–water partition coefficient (Wildman–Crippen LogP) is 2.55. The normalized spacial score (nSPS) is 15.7. The van der Waals surface area contributed by atoms with Gasteiger partial charge in [-0.1, -0.05) is 12.1 Å². The van der Waals surface area contributed by atoms with Crippen molar-refractivity contribution >= 4 is 5.91 Å². The highest BCUT2D eigenvalue weighted by Gasteiger charge is 2.22. The molecule has 1 fully saturated rings. The van der Waals surface area contributed by atoms with Crippen molar-refractivity contribution in [3.05, 3.63) is 30.2 Å². The fourth-order valence-electron chi connectivity index (χ4n) is 2.68. The molecule has 1 saturated heterocycles. The quantitative estimate of drug-likeness (QED) is 0.867. The molecule has 122 valence electrons. The molecule has 2 heterocycles. The van der Waals surface area contributed by atoms with Gasteiger partial charge < -0.3 is 14.2 Å². The number of benzene rings is 1. The number of nitrogens with zero attached hydrogens (tertiary/aromatic N) is 3. The molecule has 0 bridgehead atoms. The van der Waals surface area contributed by atoms with Gasteiger partial charge in [0.2, 0.25) is 17.6 Å². The third-order valence-corrected chi connectivity index (χ3v) is 4.26. The van der Waals surface area contributed by atoms with Gasteiger partial charge in [-0.15, -0.1) is 0 Å². The Hall–Kier alpha value is -2.37. The first-order chi connectivity index (χ1) is 11.2. The molecule has 0 radical (unpaired) electrons. The third-order valence-electron chi connectivity index (χ3n) is 4.26. The first-order valence-corrected chi connectivity index (χ1v) is 7.90. The molecule has 0 atom stereocenters. The van der Waals surface area contributed by atoms with Gasteiger partial charge in [-0.3, -0.25) is 4.79 Å². The second-order valence-corrected chi connectivity index (χ2v) is 5.98. The number of rotatable bonds is 4. The van der Waals surface area contributed by atoms with E-state index in [0.717, 1.165) is 37.2 Å². The maximum absolute atomic E-state index is 12.3. The largest absolute Gasteiger partial charge is 0.497 e. The van der Waals surface area contributed by atoms with Crippen molar-refractivity contribution in [2.24, 2.45) is 5.92 Å². The lowest BCUT2D eigenvalue weighted by Gasteiger charge is -2.29. The maximum Gasteiger partial charge on any atom is 0.236 e. The second kappa shape index (κ2) is 6.81. The molecule has 0 saturated carbocycles. The standard InChI is InChI=1S/C17H21N3O3/c1-12-7-9-20(10-8-12)16(21)11-15-18-17(19-23-15)13-3-5-14(22-2)6-4-13/h3-6,12H,7-11H2,1-2H3. The summed E-state index contributed by atoms with van der Waals surface area (Å²) >= 11 is 0. The molecule has 0 aliphatic carbocycles. The molecule has 6 nitrogen and oxygen atoms in total. The first kappa shape index (κ1) is 15.5. The van der Waals surface area contributed by atoms with Crippen molar-refractivity contribution < 1.29 is 14.1 Å². The van der Waals surface area contributed by atoms with Gasteiger partial charge in [-0.05, 0) is 43.0 Å². The molecule has 2 aromatic rings. The number of piperidine rings is 1. The third kappa shape index (κ3) is 3.70. The number of aromatic nitrogens is 2. The van der Waals surface area contributed by atoms with E-state index in [2.05, 4.69) is 17.1 Å². The van der Waals surface area contributed by atoms with Crippen LogP contribution in [0.2, 0.25) is 0 Å². The summed E-state index contributed by atoms with van der Waals surface area (Å²) in [5.74, 6) is 2.38. The molecule has 0 unspecified atom stereocenters. The van der Waals surface area contributed by atoms with Crippen LogP contribution in [-0.2, 0) is 11.2 Å². The fraction of sp³-hybridized carbons (Fsp3) is 0.471. The summed E-state index contributed by atoms with van der Waals surface area (Å²) in [6, 6.07) is 7.40. The number of carbonyl (C=O) groups is 1. The topological polar surface area (TPSA) is 68.5 Å². The predicted molar refractivity (Wildman–Crippen MR) is 85.0 cm³/mol. The van der Waals surface area contributed by atoms with E-state index in [1.54, 1.807) is 7.11 Å². The van der Waals surface area contributed by atoms with Crippen molar-refractivity contribution in [3.8, 4) is 17.1 Å². The lowest BCUT2D eigenvalue weighted by Crippen LogP contribution is -2.38. The Morgan fingerprint density at radius 3 is 2.65 bits per heavy atom. The van der Waals surface area contributed by atoms with E-state index in [0.29, 0.717) is 17.6 Å². The number of likely N-dealkylation sites (tertiary alicyclic amines) is 1. The Bertz CT molecular complexity index is 658. The maximum atomic E-state index is 12.3. The molecule has 0 spiro atoms. The van der Waals surface area contributed by atoms with Crippen LogP contribution in [0.5, 0.6) is 5.75 Å². The van der Waals surface area contributed by atoms with Crippen LogP contribution in [0.1, 0.15) is 25.7 Å². The number of methoxy groups -OCH3 is 1. The van der Waals surface area contributed by atoms with Gasteiger partial charge in [0.05, 0.1) is 7.11 Å². The van der Waals surface area contributed by atoms with Crippen LogP contribution in [0.25, 0.3) is 11.4 Å². The Morgan fingerprint density at radius 1 is 1.30 bits per heavy atom. The molecule has 23 heavy (non-hydrogen) atoms. The van der Waals surface area contributed by atoms with E-state index in [4.69, 9.17) is 9.26 Å². The van der Waals surface area contributed by atoms with E-state index in [1.807, 2.05) is 29.2 Å². The summed E-state index contributed by atoms with van der Waals surface area (Å²) in [7, 11) is 1.62. The highest BCUT2D eigenvalue weighted by atomic mass is 16.5. The van der Waals surface area contributed by atoms with E-state index in [1.165, 1.54) is 0 Å². The summed E-state index contributed by atoms with van der Waals surface area (Å²) in [5.41, 5.74) is 0.833. The second-order valence-electron chi connectivity index (χ2n) is 5.98. The van der Waals surface area contributed by atoms with Gasteiger partial charge in [0.25, 0.3) is 0 Å². The van der Waals surface area contributed by atoms with Gasteiger partial charge in [0.15, 0.2) is 0 Å². The number of carbonyl (C=O) groups excluding carboxylic acids is 1. The SMILES string of the molecule is COc1ccc(-c2noc(CC(=O)N3CCC(C)CC3)n2)cc1. The molecular formula is C17H21N3O3. The average Bonchev–Trinajstić information content (AvgIpc) is 3.04. The highest BCUT2D eigenvalue weighted by Crippen LogP contribution is 2.20. The van der Waals surface area contributed by atoms with Crippen molar-refractivity contribution in [1.29, 1.82) is 0 Å². The minimum absolute atomic E-state index is 0.0573. The van der Waals surface area contributed by atoms with Gasteiger partial charge in [0, 0.05) is 18.7 Å².